The molecule has 1 saturated heterocycles. The molecule has 1 heterocycles. The molecule has 3 aliphatic carbocycles. The summed E-state index contributed by atoms with van der Waals surface area (Å²) in [5, 5.41) is 3.59. The maximum atomic E-state index is 12.7. The fraction of sp³-hybridized carbons (Fsp3) is 0.941. The van der Waals surface area contributed by atoms with Crippen LogP contribution in [0.3, 0.4) is 0 Å². The average Bonchev–Trinajstić information content (AvgIpc) is 2.85. The van der Waals surface area contributed by atoms with Crippen molar-refractivity contribution in [1.82, 2.24) is 5.32 Å². The molecule has 20 heavy (non-hydrogen) atoms. The van der Waals surface area contributed by atoms with Crippen LogP contribution in [-0.4, -0.2) is 23.7 Å². The van der Waals surface area contributed by atoms with Gasteiger partial charge in [0.05, 0.1) is 5.92 Å². The first-order valence-electron chi connectivity index (χ1n) is 8.58. The Hall–Kier alpha value is -0.570. The maximum Gasteiger partial charge on any atom is 0.309 e. The SMILES string of the molecule is CCC1(OC(=O)C2CC3CC2C(C)C32CN2)CCCC1. The van der Waals surface area contributed by atoms with Crippen LogP contribution in [0.1, 0.15) is 58.8 Å². The summed E-state index contributed by atoms with van der Waals surface area (Å²) in [5.41, 5.74) is 0.301. The fourth-order valence-electron chi connectivity index (χ4n) is 5.62. The minimum absolute atomic E-state index is 0.113. The molecule has 112 valence electrons. The van der Waals surface area contributed by atoms with Gasteiger partial charge in [0.2, 0.25) is 0 Å². The smallest absolute Gasteiger partial charge is 0.309 e. The van der Waals surface area contributed by atoms with Gasteiger partial charge >= 0.3 is 5.97 Å². The molecule has 3 saturated carbocycles. The Labute approximate surface area is 121 Å². The number of carbonyl (C=O) groups excluding carboxylic acids is 1. The number of esters is 1. The van der Waals surface area contributed by atoms with E-state index in [2.05, 4.69) is 19.2 Å². The summed E-state index contributed by atoms with van der Waals surface area (Å²) >= 11 is 0. The van der Waals surface area contributed by atoms with E-state index in [1.165, 1.54) is 25.8 Å². The summed E-state index contributed by atoms with van der Waals surface area (Å²) in [5.74, 6) is 2.26. The molecule has 5 unspecified atom stereocenters. The molecule has 2 bridgehead atoms. The minimum Gasteiger partial charge on any atom is -0.459 e. The highest BCUT2D eigenvalue weighted by Crippen LogP contribution is 2.61. The number of ether oxygens (including phenoxy) is 1. The molecule has 5 atom stereocenters. The van der Waals surface area contributed by atoms with Gasteiger partial charge in [0.25, 0.3) is 0 Å². The van der Waals surface area contributed by atoms with Gasteiger partial charge in [-0.3, -0.25) is 4.79 Å². The lowest BCUT2D eigenvalue weighted by molar-refractivity contribution is -0.167. The van der Waals surface area contributed by atoms with Crippen molar-refractivity contribution in [3.05, 3.63) is 0 Å². The van der Waals surface area contributed by atoms with E-state index in [-0.39, 0.29) is 17.5 Å². The highest BCUT2D eigenvalue weighted by atomic mass is 16.6. The van der Waals surface area contributed by atoms with Crippen molar-refractivity contribution in [2.75, 3.05) is 6.54 Å². The second kappa shape index (κ2) is 4.22. The van der Waals surface area contributed by atoms with Gasteiger partial charge < -0.3 is 10.1 Å². The normalized spacial score (nSPS) is 47.9. The Morgan fingerprint density at radius 2 is 2.00 bits per heavy atom. The first-order chi connectivity index (χ1) is 9.60. The second-order valence-electron chi connectivity index (χ2n) is 7.79. The first-order valence-corrected chi connectivity index (χ1v) is 8.58. The minimum atomic E-state index is -0.113. The second-order valence-corrected chi connectivity index (χ2v) is 7.79. The highest BCUT2D eigenvalue weighted by Gasteiger charge is 2.66. The molecule has 0 aromatic rings. The molecule has 4 aliphatic rings. The number of rotatable bonds is 3. The van der Waals surface area contributed by atoms with Crippen molar-refractivity contribution in [3.8, 4) is 0 Å². The third-order valence-electron chi connectivity index (χ3n) is 7.16. The van der Waals surface area contributed by atoms with Gasteiger partial charge in [-0.15, -0.1) is 0 Å². The van der Waals surface area contributed by atoms with Crippen LogP contribution in [0, 0.1) is 23.7 Å². The highest BCUT2D eigenvalue weighted by molar-refractivity contribution is 5.74. The zero-order valence-corrected chi connectivity index (χ0v) is 12.8. The van der Waals surface area contributed by atoms with Gasteiger partial charge in [-0.2, -0.15) is 0 Å². The Balaban J connectivity index is 1.45. The summed E-state index contributed by atoms with van der Waals surface area (Å²) in [7, 11) is 0. The maximum absolute atomic E-state index is 12.7. The number of fused-ring (bicyclic) bond motifs is 3. The monoisotopic (exact) mass is 277 g/mol. The summed E-state index contributed by atoms with van der Waals surface area (Å²) in [6.07, 6.45) is 7.91. The van der Waals surface area contributed by atoms with Crippen LogP contribution in [0.5, 0.6) is 0 Å². The zero-order valence-electron chi connectivity index (χ0n) is 12.8. The molecule has 0 radical (unpaired) electrons. The van der Waals surface area contributed by atoms with Gasteiger partial charge in [0.1, 0.15) is 5.60 Å². The van der Waals surface area contributed by atoms with Crippen molar-refractivity contribution >= 4 is 5.97 Å². The van der Waals surface area contributed by atoms with E-state index in [1.54, 1.807) is 0 Å². The molecule has 1 N–H and O–H groups in total. The molecular formula is C17H27NO2. The molecule has 0 amide bonds. The lowest BCUT2D eigenvalue weighted by Gasteiger charge is -2.35. The van der Waals surface area contributed by atoms with E-state index in [9.17, 15) is 4.79 Å². The number of hydrogen-bond acceptors (Lipinski definition) is 3. The summed E-state index contributed by atoms with van der Waals surface area (Å²) in [6.45, 7) is 5.69. The summed E-state index contributed by atoms with van der Waals surface area (Å²) in [6, 6.07) is 0. The molecule has 4 rings (SSSR count). The fourth-order valence-corrected chi connectivity index (χ4v) is 5.62. The van der Waals surface area contributed by atoms with Crippen LogP contribution in [0.25, 0.3) is 0 Å². The Morgan fingerprint density at radius 3 is 2.55 bits per heavy atom. The van der Waals surface area contributed by atoms with Gasteiger partial charge in [-0.25, -0.2) is 0 Å². The van der Waals surface area contributed by atoms with Crippen LogP contribution in [0.2, 0.25) is 0 Å². The van der Waals surface area contributed by atoms with Gasteiger partial charge in [0, 0.05) is 12.1 Å². The van der Waals surface area contributed by atoms with E-state index in [0.717, 1.165) is 31.6 Å². The van der Waals surface area contributed by atoms with Crippen LogP contribution in [0.15, 0.2) is 0 Å². The third kappa shape index (κ3) is 1.65. The van der Waals surface area contributed by atoms with Crippen LogP contribution < -0.4 is 5.32 Å². The van der Waals surface area contributed by atoms with Crippen molar-refractivity contribution in [1.29, 1.82) is 0 Å². The van der Waals surface area contributed by atoms with E-state index >= 15 is 0 Å². The van der Waals surface area contributed by atoms with Crippen molar-refractivity contribution in [2.45, 2.75) is 69.9 Å². The van der Waals surface area contributed by atoms with Gasteiger partial charge in [-0.1, -0.05) is 13.8 Å². The number of hydrogen-bond donors (Lipinski definition) is 1. The van der Waals surface area contributed by atoms with E-state index in [0.29, 0.717) is 17.4 Å². The van der Waals surface area contributed by atoms with Crippen molar-refractivity contribution in [2.24, 2.45) is 23.7 Å². The van der Waals surface area contributed by atoms with E-state index < -0.39 is 0 Å². The topological polar surface area (TPSA) is 48.2 Å². The van der Waals surface area contributed by atoms with E-state index in [4.69, 9.17) is 4.74 Å². The Morgan fingerprint density at radius 1 is 1.30 bits per heavy atom. The average molecular weight is 277 g/mol. The number of carbonyl (C=O) groups is 1. The van der Waals surface area contributed by atoms with Crippen molar-refractivity contribution < 1.29 is 9.53 Å². The van der Waals surface area contributed by atoms with E-state index in [1.807, 2.05) is 0 Å². The third-order valence-corrected chi connectivity index (χ3v) is 7.16. The standard InChI is InChI=1S/C17H27NO2/c1-3-16(6-4-5-7-16)20-15(19)14-9-12-8-13(14)11(2)17(12)10-18-17/h11-14,18H,3-10H2,1-2H3. The predicted octanol–water partition coefficient (Wildman–Crippen LogP) is 2.89. The molecule has 0 aromatic heterocycles. The lowest BCUT2D eigenvalue weighted by atomic mass is 9.74. The number of nitrogens with one attached hydrogen (secondary N) is 1. The zero-order chi connectivity index (χ0) is 14.0. The molecule has 4 fully saturated rings. The van der Waals surface area contributed by atoms with Crippen LogP contribution in [-0.2, 0) is 9.53 Å². The molecule has 3 nitrogen and oxygen atoms in total. The van der Waals surface area contributed by atoms with Crippen molar-refractivity contribution in [3.63, 3.8) is 0 Å². The van der Waals surface area contributed by atoms with Crippen LogP contribution >= 0.6 is 0 Å². The van der Waals surface area contributed by atoms with Gasteiger partial charge in [-0.05, 0) is 62.7 Å². The largest absolute Gasteiger partial charge is 0.459 e. The first kappa shape index (κ1) is 13.1. The predicted molar refractivity (Wildman–Crippen MR) is 77.2 cm³/mol. The summed E-state index contributed by atoms with van der Waals surface area (Å²) < 4.78 is 6.06. The quantitative estimate of drug-likeness (QED) is 0.637. The molecule has 1 aliphatic heterocycles. The molecule has 3 heteroatoms. The molecule has 1 spiro atoms. The Bertz CT molecular complexity index is 419. The summed E-state index contributed by atoms with van der Waals surface area (Å²) in [4.78, 5) is 12.7. The molecular weight excluding hydrogens is 250 g/mol. The molecule has 0 aromatic carbocycles. The lowest BCUT2D eigenvalue weighted by Crippen LogP contribution is -2.41. The van der Waals surface area contributed by atoms with Crippen LogP contribution in [0.4, 0.5) is 0 Å². The van der Waals surface area contributed by atoms with Gasteiger partial charge in [0.15, 0.2) is 0 Å². The Kier molecular flexibility index (Phi) is 2.77.